The van der Waals surface area contributed by atoms with Crippen LogP contribution >= 0.6 is 15.9 Å². The van der Waals surface area contributed by atoms with Crippen LogP contribution in [0.25, 0.3) is 11.0 Å². The van der Waals surface area contributed by atoms with E-state index in [9.17, 15) is 9.59 Å². The lowest BCUT2D eigenvalue weighted by atomic mass is 10.2. The molecular weight excluding hydrogens is 288 g/mol. The van der Waals surface area contributed by atoms with E-state index in [1.807, 2.05) is 0 Å². The van der Waals surface area contributed by atoms with E-state index < -0.39 is 5.97 Å². The number of halogens is 1. The van der Waals surface area contributed by atoms with Crippen LogP contribution in [0.2, 0.25) is 0 Å². The molecule has 1 heterocycles. The number of hydrogen-bond acceptors (Lipinski definition) is 4. The predicted molar refractivity (Wildman–Crippen MR) is 66.1 cm³/mol. The van der Waals surface area contributed by atoms with Gasteiger partial charge in [0.2, 0.25) is 5.76 Å². The van der Waals surface area contributed by atoms with Gasteiger partial charge < -0.3 is 9.15 Å². The van der Waals surface area contributed by atoms with Gasteiger partial charge in [0.1, 0.15) is 5.58 Å². The number of fused-ring (bicyclic) bond motifs is 1. The van der Waals surface area contributed by atoms with Crippen molar-refractivity contribution in [3.05, 3.63) is 44.7 Å². The molecule has 0 amide bonds. The molecule has 2 aromatic rings. The average molecular weight is 297 g/mol. The standard InChI is InChI=1S/C12H9BrO4/c1-2-16-12(15)11-6-9(14)8-4-3-7(13)5-10(8)17-11/h3-6H,2H2,1H3. The minimum absolute atomic E-state index is 0.0811. The highest BCUT2D eigenvalue weighted by atomic mass is 79.9. The zero-order chi connectivity index (χ0) is 12.4. The van der Waals surface area contributed by atoms with Crippen molar-refractivity contribution in [1.82, 2.24) is 0 Å². The fraction of sp³-hybridized carbons (Fsp3) is 0.167. The number of carbonyl (C=O) groups excluding carboxylic acids is 1. The number of ether oxygens (including phenoxy) is 1. The molecule has 0 unspecified atom stereocenters. The van der Waals surface area contributed by atoms with E-state index in [0.717, 1.165) is 10.5 Å². The Morgan fingerprint density at radius 3 is 2.88 bits per heavy atom. The number of rotatable bonds is 2. The van der Waals surface area contributed by atoms with Crippen molar-refractivity contribution in [3.8, 4) is 0 Å². The van der Waals surface area contributed by atoms with Crippen LogP contribution in [0.1, 0.15) is 17.5 Å². The molecule has 0 aliphatic rings. The Balaban J connectivity index is 2.61. The van der Waals surface area contributed by atoms with Crippen molar-refractivity contribution in [1.29, 1.82) is 0 Å². The number of carbonyl (C=O) groups is 1. The summed E-state index contributed by atoms with van der Waals surface area (Å²) in [6, 6.07) is 6.16. The molecule has 0 saturated heterocycles. The van der Waals surface area contributed by atoms with Crippen molar-refractivity contribution < 1.29 is 13.9 Å². The first-order chi connectivity index (χ1) is 8.11. The molecule has 1 aromatic carbocycles. The van der Waals surface area contributed by atoms with Crippen LogP contribution in [0.3, 0.4) is 0 Å². The molecule has 0 saturated carbocycles. The fourth-order valence-corrected chi connectivity index (χ4v) is 1.77. The summed E-state index contributed by atoms with van der Waals surface area (Å²) in [4.78, 5) is 23.2. The van der Waals surface area contributed by atoms with Crippen LogP contribution in [0, 0.1) is 0 Å². The molecule has 4 nitrogen and oxygen atoms in total. The maximum Gasteiger partial charge on any atom is 0.374 e. The van der Waals surface area contributed by atoms with Crippen molar-refractivity contribution in [2.24, 2.45) is 0 Å². The van der Waals surface area contributed by atoms with Crippen molar-refractivity contribution in [2.75, 3.05) is 6.61 Å². The monoisotopic (exact) mass is 296 g/mol. The van der Waals surface area contributed by atoms with Gasteiger partial charge >= 0.3 is 5.97 Å². The maximum atomic E-state index is 11.7. The van der Waals surface area contributed by atoms with Gasteiger partial charge in [-0.1, -0.05) is 15.9 Å². The highest BCUT2D eigenvalue weighted by molar-refractivity contribution is 9.10. The largest absolute Gasteiger partial charge is 0.460 e. The third-order valence-electron chi connectivity index (χ3n) is 2.17. The summed E-state index contributed by atoms with van der Waals surface area (Å²) in [5.41, 5.74) is 0.0942. The molecule has 0 bridgehead atoms. The summed E-state index contributed by atoms with van der Waals surface area (Å²) < 4.78 is 10.9. The SMILES string of the molecule is CCOC(=O)c1cc(=O)c2ccc(Br)cc2o1. The minimum atomic E-state index is -0.633. The van der Waals surface area contributed by atoms with Crippen LogP contribution in [-0.2, 0) is 4.74 Å². The van der Waals surface area contributed by atoms with E-state index in [0.29, 0.717) is 11.0 Å². The summed E-state index contributed by atoms with van der Waals surface area (Å²) >= 11 is 3.27. The second-order valence-corrected chi connectivity index (χ2v) is 4.25. The highest BCUT2D eigenvalue weighted by Gasteiger charge is 2.13. The predicted octanol–water partition coefficient (Wildman–Crippen LogP) is 2.73. The van der Waals surface area contributed by atoms with Gasteiger partial charge in [-0.2, -0.15) is 0 Å². The Morgan fingerprint density at radius 1 is 1.41 bits per heavy atom. The molecule has 0 N–H and O–H groups in total. The maximum absolute atomic E-state index is 11.7. The van der Waals surface area contributed by atoms with E-state index in [4.69, 9.17) is 9.15 Å². The average Bonchev–Trinajstić information content (AvgIpc) is 2.28. The number of hydrogen-bond donors (Lipinski definition) is 0. The Morgan fingerprint density at radius 2 is 2.18 bits per heavy atom. The third-order valence-corrected chi connectivity index (χ3v) is 2.66. The summed E-state index contributed by atoms with van der Waals surface area (Å²) in [5.74, 6) is -0.714. The van der Waals surface area contributed by atoms with Gasteiger partial charge in [-0.3, -0.25) is 4.79 Å². The summed E-state index contributed by atoms with van der Waals surface area (Å²) in [6.45, 7) is 1.92. The van der Waals surface area contributed by atoms with Gasteiger partial charge in [0.25, 0.3) is 0 Å². The zero-order valence-corrected chi connectivity index (χ0v) is 10.6. The first kappa shape index (κ1) is 11.9. The summed E-state index contributed by atoms with van der Waals surface area (Å²) in [6.07, 6.45) is 0. The molecule has 17 heavy (non-hydrogen) atoms. The fourth-order valence-electron chi connectivity index (χ4n) is 1.43. The van der Waals surface area contributed by atoms with Crippen molar-refractivity contribution in [2.45, 2.75) is 6.92 Å². The smallest absolute Gasteiger partial charge is 0.374 e. The first-order valence-electron chi connectivity index (χ1n) is 5.02. The Kier molecular flexibility index (Phi) is 3.28. The number of benzene rings is 1. The molecule has 0 radical (unpaired) electrons. The molecule has 0 aliphatic heterocycles. The molecule has 0 spiro atoms. The van der Waals surface area contributed by atoms with Crippen LogP contribution in [0.4, 0.5) is 0 Å². The van der Waals surface area contributed by atoms with Crippen LogP contribution < -0.4 is 5.43 Å². The molecule has 1 aromatic heterocycles. The van der Waals surface area contributed by atoms with Gasteiger partial charge in [-0.25, -0.2) is 4.79 Å². The topological polar surface area (TPSA) is 56.5 Å². The Labute approximate surface area is 105 Å². The Bertz CT molecular complexity index is 630. The van der Waals surface area contributed by atoms with Gasteiger partial charge in [-0.05, 0) is 25.1 Å². The van der Waals surface area contributed by atoms with E-state index >= 15 is 0 Å². The van der Waals surface area contributed by atoms with E-state index in [1.54, 1.807) is 25.1 Å². The van der Waals surface area contributed by atoms with Crippen molar-refractivity contribution in [3.63, 3.8) is 0 Å². The van der Waals surface area contributed by atoms with Gasteiger partial charge in [0, 0.05) is 10.5 Å². The van der Waals surface area contributed by atoms with Crippen molar-refractivity contribution >= 4 is 32.9 Å². The normalized spacial score (nSPS) is 10.5. The van der Waals surface area contributed by atoms with Crippen LogP contribution in [0.5, 0.6) is 0 Å². The number of esters is 1. The molecule has 88 valence electrons. The minimum Gasteiger partial charge on any atom is -0.460 e. The summed E-state index contributed by atoms with van der Waals surface area (Å²) in [5, 5.41) is 0.432. The second-order valence-electron chi connectivity index (χ2n) is 3.34. The Hall–Kier alpha value is -1.62. The summed E-state index contributed by atoms with van der Waals surface area (Å²) in [7, 11) is 0. The van der Waals surface area contributed by atoms with Crippen LogP contribution in [0.15, 0.2) is 37.9 Å². The lowest BCUT2D eigenvalue weighted by molar-refractivity contribution is 0.0490. The van der Waals surface area contributed by atoms with E-state index in [-0.39, 0.29) is 17.8 Å². The second kappa shape index (κ2) is 4.71. The molecule has 5 heteroatoms. The highest BCUT2D eigenvalue weighted by Crippen LogP contribution is 2.18. The van der Waals surface area contributed by atoms with Gasteiger partial charge in [0.05, 0.1) is 12.0 Å². The molecule has 2 rings (SSSR count). The molecule has 0 aliphatic carbocycles. The van der Waals surface area contributed by atoms with E-state index in [2.05, 4.69) is 15.9 Å². The van der Waals surface area contributed by atoms with E-state index in [1.165, 1.54) is 0 Å². The lowest BCUT2D eigenvalue weighted by Gasteiger charge is -2.02. The van der Waals surface area contributed by atoms with Gasteiger partial charge in [-0.15, -0.1) is 0 Å². The van der Waals surface area contributed by atoms with Gasteiger partial charge in [0.15, 0.2) is 5.43 Å². The third kappa shape index (κ3) is 2.39. The molecule has 0 atom stereocenters. The first-order valence-corrected chi connectivity index (χ1v) is 5.81. The zero-order valence-electron chi connectivity index (χ0n) is 9.03. The van der Waals surface area contributed by atoms with Crippen LogP contribution in [-0.4, -0.2) is 12.6 Å². The molecule has 0 fully saturated rings. The molecular formula is C12H9BrO4. The quantitative estimate of drug-likeness (QED) is 0.800. The lowest BCUT2D eigenvalue weighted by Crippen LogP contribution is -2.09.